The van der Waals surface area contributed by atoms with Crippen molar-refractivity contribution in [1.29, 1.82) is 0 Å². The van der Waals surface area contributed by atoms with E-state index in [9.17, 15) is 18.3 Å². The summed E-state index contributed by atoms with van der Waals surface area (Å²) in [5.41, 5.74) is 0.487. The number of rotatable bonds is 5. The number of carboxylic acids is 1. The van der Waals surface area contributed by atoms with Crippen LogP contribution in [0.25, 0.3) is 0 Å². The van der Waals surface area contributed by atoms with E-state index in [-0.39, 0.29) is 11.5 Å². The molecule has 2 aromatic rings. The maximum atomic E-state index is 12.0. The molecule has 0 bridgehead atoms. The van der Waals surface area contributed by atoms with E-state index >= 15 is 0 Å². The molecule has 0 fully saturated rings. The van der Waals surface area contributed by atoms with E-state index < -0.39 is 27.3 Å². The lowest BCUT2D eigenvalue weighted by molar-refractivity contribution is -0.257. The predicted molar refractivity (Wildman–Crippen MR) is 70.8 cm³/mol. The van der Waals surface area contributed by atoms with Crippen LogP contribution in [0, 0.1) is 0 Å². The second-order valence-electron chi connectivity index (χ2n) is 4.18. The van der Waals surface area contributed by atoms with E-state index in [1.807, 2.05) is 0 Å². The Hall–Kier alpha value is -1.79. The zero-order valence-electron chi connectivity index (χ0n) is 10.2. The van der Waals surface area contributed by atoms with Gasteiger partial charge in [0.25, 0.3) is 0 Å². The van der Waals surface area contributed by atoms with Gasteiger partial charge in [-0.1, -0.05) is 29.8 Å². The van der Waals surface area contributed by atoms with E-state index in [1.165, 1.54) is 6.07 Å². The van der Waals surface area contributed by atoms with Gasteiger partial charge in [0.15, 0.2) is 9.84 Å². The fourth-order valence-electron chi connectivity index (χ4n) is 1.69. The molecule has 20 heavy (non-hydrogen) atoms. The highest BCUT2D eigenvalue weighted by Crippen LogP contribution is 2.20. The number of benzene rings is 1. The van der Waals surface area contributed by atoms with Crippen molar-refractivity contribution >= 4 is 27.4 Å². The molecule has 0 aliphatic carbocycles. The summed E-state index contributed by atoms with van der Waals surface area (Å²) >= 11 is 5.91. The first-order chi connectivity index (χ1) is 9.37. The van der Waals surface area contributed by atoms with Gasteiger partial charge in [-0.2, -0.15) is 0 Å². The van der Waals surface area contributed by atoms with Crippen molar-refractivity contribution in [2.75, 3.05) is 0 Å². The summed E-state index contributed by atoms with van der Waals surface area (Å²) in [5.74, 6) is -2.47. The highest BCUT2D eigenvalue weighted by Gasteiger charge is 2.17. The average Bonchev–Trinajstić information content (AvgIpc) is 2.79. The quantitative estimate of drug-likeness (QED) is 0.833. The maximum absolute atomic E-state index is 12.0. The second kappa shape index (κ2) is 5.68. The Kier molecular flexibility index (Phi) is 4.15. The molecule has 0 saturated heterocycles. The number of carbonyl (C=O) groups is 1. The summed E-state index contributed by atoms with van der Waals surface area (Å²) in [5, 5.41) is 10.9. The minimum Gasteiger partial charge on any atom is -0.542 e. The van der Waals surface area contributed by atoms with Crippen LogP contribution in [0.2, 0.25) is 5.02 Å². The zero-order valence-corrected chi connectivity index (χ0v) is 11.8. The van der Waals surface area contributed by atoms with Crippen LogP contribution in [-0.2, 0) is 21.3 Å². The lowest BCUT2D eigenvalue weighted by Crippen LogP contribution is -2.21. The number of furan rings is 1. The number of halogens is 1. The Labute approximate surface area is 120 Å². The van der Waals surface area contributed by atoms with E-state index in [0.717, 1.165) is 6.07 Å². The lowest BCUT2D eigenvalue weighted by Gasteiger charge is -2.05. The van der Waals surface area contributed by atoms with Crippen LogP contribution in [0.3, 0.4) is 0 Å². The van der Waals surface area contributed by atoms with Crippen LogP contribution < -0.4 is 5.11 Å². The normalized spacial score (nSPS) is 11.4. The molecule has 0 spiro atoms. The van der Waals surface area contributed by atoms with Gasteiger partial charge >= 0.3 is 0 Å². The molecule has 0 amide bonds. The summed E-state index contributed by atoms with van der Waals surface area (Å²) < 4.78 is 28.9. The van der Waals surface area contributed by atoms with Crippen molar-refractivity contribution in [2.24, 2.45) is 0 Å². The topological polar surface area (TPSA) is 87.4 Å². The van der Waals surface area contributed by atoms with Gasteiger partial charge in [-0.15, -0.1) is 0 Å². The average molecular weight is 314 g/mol. The molecule has 106 valence electrons. The Morgan fingerprint density at radius 3 is 2.45 bits per heavy atom. The number of carboxylic acid groups (broad SMARTS) is 1. The fraction of sp³-hybridized carbons (Fsp3) is 0.154. The summed E-state index contributed by atoms with van der Waals surface area (Å²) in [6.07, 6.45) is 0. The van der Waals surface area contributed by atoms with Gasteiger partial charge < -0.3 is 14.3 Å². The van der Waals surface area contributed by atoms with Crippen LogP contribution in [0.5, 0.6) is 0 Å². The Bertz CT molecular complexity index is 733. The van der Waals surface area contributed by atoms with Crippen LogP contribution in [0.15, 0.2) is 40.8 Å². The zero-order chi connectivity index (χ0) is 14.8. The number of sulfone groups is 1. The van der Waals surface area contributed by atoms with E-state index in [1.54, 1.807) is 24.3 Å². The molecule has 1 aromatic heterocycles. The minimum atomic E-state index is -3.51. The largest absolute Gasteiger partial charge is 0.542 e. The Morgan fingerprint density at radius 1 is 1.15 bits per heavy atom. The number of hydrogen-bond acceptors (Lipinski definition) is 5. The highest BCUT2D eigenvalue weighted by atomic mass is 35.5. The van der Waals surface area contributed by atoms with Crippen molar-refractivity contribution in [3.63, 3.8) is 0 Å². The summed E-state index contributed by atoms with van der Waals surface area (Å²) in [4.78, 5) is 10.5. The molecule has 0 radical (unpaired) electrons. The van der Waals surface area contributed by atoms with Crippen LogP contribution >= 0.6 is 11.6 Å². The van der Waals surface area contributed by atoms with Gasteiger partial charge in [0.05, 0.1) is 5.75 Å². The second-order valence-corrected chi connectivity index (χ2v) is 6.65. The molecule has 0 aliphatic rings. The first-order valence-corrected chi connectivity index (χ1v) is 7.81. The monoisotopic (exact) mass is 313 g/mol. The van der Waals surface area contributed by atoms with Gasteiger partial charge in [0.2, 0.25) is 0 Å². The van der Waals surface area contributed by atoms with E-state index in [0.29, 0.717) is 10.6 Å². The van der Waals surface area contributed by atoms with Crippen LogP contribution in [-0.4, -0.2) is 14.4 Å². The molecule has 0 atom stereocenters. The van der Waals surface area contributed by atoms with Crippen molar-refractivity contribution in [2.45, 2.75) is 11.5 Å². The third-order valence-electron chi connectivity index (χ3n) is 2.56. The van der Waals surface area contributed by atoms with Gasteiger partial charge in [-0.05, 0) is 23.8 Å². The molecule has 0 aliphatic heterocycles. The molecule has 1 aromatic carbocycles. The molecule has 7 heteroatoms. The third kappa shape index (κ3) is 3.61. The molecular weight excluding hydrogens is 304 g/mol. The van der Waals surface area contributed by atoms with E-state index in [4.69, 9.17) is 16.0 Å². The highest BCUT2D eigenvalue weighted by molar-refractivity contribution is 7.89. The third-order valence-corrected chi connectivity index (χ3v) is 4.40. The lowest BCUT2D eigenvalue weighted by atomic mass is 10.2. The Morgan fingerprint density at radius 2 is 1.85 bits per heavy atom. The van der Waals surface area contributed by atoms with Crippen LogP contribution in [0.4, 0.5) is 0 Å². The first-order valence-electron chi connectivity index (χ1n) is 5.61. The maximum Gasteiger partial charge on any atom is 0.161 e. The van der Waals surface area contributed by atoms with Crippen molar-refractivity contribution in [3.8, 4) is 0 Å². The molecule has 0 N–H and O–H groups in total. The minimum absolute atomic E-state index is 0.0521. The Balaban J connectivity index is 2.15. The standard InChI is InChI=1S/C13H11ClO5S/c14-11-4-2-1-3-9(11)7-20(17,18)8-10-5-6-12(19-10)13(15)16/h1-6H,7-8H2,(H,15,16)/p-1. The van der Waals surface area contributed by atoms with Crippen molar-refractivity contribution in [1.82, 2.24) is 0 Å². The molecular formula is C13H10ClO5S-. The molecule has 0 unspecified atom stereocenters. The van der Waals surface area contributed by atoms with Gasteiger partial charge in [0, 0.05) is 5.02 Å². The van der Waals surface area contributed by atoms with Gasteiger partial charge in [-0.25, -0.2) is 8.42 Å². The molecule has 5 nitrogen and oxygen atoms in total. The summed E-state index contributed by atoms with van der Waals surface area (Å²) in [7, 11) is -3.51. The smallest absolute Gasteiger partial charge is 0.161 e. The van der Waals surface area contributed by atoms with Gasteiger partial charge in [0.1, 0.15) is 23.2 Å². The molecule has 0 saturated carbocycles. The predicted octanol–water partition coefficient (Wildman–Crippen LogP) is 1.41. The molecule has 2 rings (SSSR count). The number of carbonyl (C=O) groups excluding carboxylic acids is 1. The van der Waals surface area contributed by atoms with Crippen molar-refractivity contribution in [3.05, 3.63) is 58.5 Å². The number of aromatic carboxylic acids is 1. The number of hydrogen-bond donors (Lipinski definition) is 0. The fourth-order valence-corrected chi connectivity index (χ4v) is 3.38. The van der Waals surface area contributed by atoms with Crippen molar-refractivity contribution < 1.29 is 22.7 Å². The summed E-state index contributed by atoms with van der Waals surface area (Å²) in [6, 6.07) is 9.09. The van der Waals surface area contributed by atoms with Gasteiger partial charge in [-0.3, -0.25) is 0 Å². The summed E-state index contributed by atoms with van der Waals surface area (Å²) in [6.45, 7) is 0. The first kappa shape index (κ1) is 14.6. The molecule has 1 heterocycles. The van der Waals surface area contributed by atoms with E-state index in [2.05, 4.69) is 0 Å². The van der Waals surface area contributed by atoms with Crippen LogP contribution in [0.1, 0.15) is 21.9 Å². The SMILES string of the molecule is O=C([O-])c1ccc(CS(=O)(=O)Cc2ccccc2Cl)o1.